The minimum absolute atomic E-state index is 0.198. The van der Waals surface area contributed by atoms with Crippen molar-refractivity contribution in [3.63, 3.8) is 0 Å². The lowest BCUT2D eigenvalue weighted by Crippen LogP contribution is -2.45. The van der Waals surface area contributed by atoms with Crippen LogP contribution in [0, 0.1) is 23.2 Å². The molecule has 7 nitrogen and oxygen atoms in total. The van der Waals surface area contributed by atoms with Crippen molar-refractivity contribution in [3.05, 3.63) is 161 Å². The molecule has 2 fully saturated rings. The number of amides is 2. The van der Waals surface area contributed by atoms with Gasteiger partial charge in [0.1, 0.15) is 17.6 Å². The molecule has 0 spiro atoms. The summed E-state index contributed by atoms with van der Waals surface area (Å²) < 4.78 is 11.0. The lowest BCUT2D eigenvalue weighted by molar-refractivity contribution is -0.130. The van der Waals surface area contributed by atoms with Crippen LogP contribution in [-0.2, 0) is 25.2 Å². The molecule has 5 aromatic carbocycles. The highest BCUT2D eigenvalue weighted by Gasteiger charge is 2.82. The molecule has 2 aliphatic carbocycles. The highest BCUT2D eigenvalue weighted by atomic mass is 16.5. The normalized spacial score (nSPS) is 23.9. The molecule has 1 aliphatic heterocycles. The summed E-state index contributed by atoms with van der Waals surface area (Å²) in [5, 5.41) is 10.1. The van der Waals surface area contributed by atoms with Gasteiger partial charge in [0, 0.05) is 0 Å². The third-order valence-electron chi connectivity index (χ3n) is 10.5. The van der Waals surface area contributed by atoms with Crippen LogP contribution in [0.1, 0.15) is 27.8 Å². The number of carbonyl (C=O) groups excluding carboxylic acids is 3. The first kappa shape index (κ1) is 30.1. The number of ether oxygens (including phenoxy) is 2. The van der Waals surface area contributed by atoms with Gasteiger partial charge < -0.3 is 9.47 Å². The SMILES string of the molecule is COc1ccc(C2=C(c3ccc(OC)cc3)[C@@]3(c4ccccc4)C(=O)[C@@]2(c2ccccc2)[C@H]2C(=O)N(c4ccccc4C#N)C(=O)[C@@H]23)cc1. The van der Waals surface area contributed by atoms with Gasteiger partial charge in [-0.15, -0.1) is 0 Å². The number of rotatable bonds is 7. The number of carbonyl (C=O) groups is 3. The second kappa shape index (κ2) is 11.2. The van der Waals surface area contributed by atoms with E-state index in [1.807, 2.05) is 109 Å². The number of Topliss-reactive ketones (excluding diaryl/α,β-unsaturated/α-hetero) is 1. The fourth-order valence-electron chi connectivity index (χ4n) is 8.64. The van der Waals surface area contributed by atoms with Gasteiger partial charge in [-0.05, 0) is 69.8 Å². The van der Waals surface area contributed by atoms with E-state index in [1.54, 1.807) is 38.5 Å². The van der Waals surface area contributed by atoms with Crippen LogP contribution in [-0.4, -0.2) is 31.8 Å². The fourth-order valence-corrected chi connectivity index (χ4v) is 8.64. The molecule has 5 aromatic rings. The summed E-state index contributed by atoms with van der Waals surface area (Å²) >= 11 is 0. The molecule has 2 amide bonds. The molecule has 49 heavy (non-hydrogen) atoms. The predicted octanol–water partition coefficient (Wildman–Crippen LogP) is 6.76. The van der Waals surface area contributed by atoms with Gasteiger partial charge in [0.05, 0.1) is 48.1 Å². The molecule has 238 valence electrons. The third kappa shape index (κ3) is 3.86. The van der Waals surface area contributed by atoms with E-state index in [9.17, 15) is 5.26 Å². The first-order valence-electron chi connectivity index (χ1n) is 16.0. The number of nitrogens with zero attached hydrogens (tertiary/aromatic N) is 2. The Morgan fingerprint density at radius 3 is 1.39 bits per heavy atom. The zero-order chi connectivity index (χ0) is 33.9. The molecule has 1 heterocycles. The molecule has 8 rings (SSSR count). The number of fused-ring (bicyclic) bond motifs is 5. The average molecular weight is 643 g/mol. The first-order chi connectivity index (χ1) is 23.9. The third-order valence-corrected chi connectivity index (χ3v) is 10.5. The standard InChI is InChI=1S/C42H30N2O5/c1-48-31-21-17-26(18-22-31)34-35(27-19-23-32(49-2)24-20-27)42(30-14-7-4-8-15-30)37-36(41(34,40(42)47)29-12-5-3-6-13-29)38(45)44(39(37)46)33-16-10-9-11-28(33)25-43/h3-24,36-37H,1-2H3/t36-,37-,41-,42-/m1/s1. The Kier molecular flexibility index (Phi) is 6.86. The van der Waals surface area contributed by atoms with Gasteiger partial charge in [-0.25, -0.2) is 4.90 Å². The molecular formula is C42H30N2O5. The number of allylic oxidation sites excluding steroid dienone is 2. The highest BCUT2D eigenvalue weighted by Crippen LogP contribution is 2.74. The monoisotopic (exact) mass is 642 g/mol. The Bertz CT molecular complexity index is 2090. The van der Waals surface area contributed by atoms with E-state index < -0.39 is 34.5 Å². The van der Waals surface area contributed by atoms with Crippen molar-refractivity contribution in [2.75, 3.05) is 19.1 Å². The van der Waals surface area contributed by atoms with Crippen molar-refractivity contribution < 1.29 is 23.9 Å². The summed E-state index contributed by atoms with van der Waals surface area (Å²) in [6, 6.07) is 42.4. The average Bonchev–Trinajstić information content (AvgIpc) is 3.67. The van der Waals surface area contributed by atoms with Crippen LogP contribution in [0.2, 0.25) is 0 Å². The summed E-state index contributed by atoms with van der Waals surface area (Å²) in [6.45, 7) is 0. The van der Waals surface area contributed by atoms with Crippen molar-refractivity contribution in [1.29, 1.82) is 5.26 Å². The lowest BCUT2D eigenvalue weighted by Gasteiger charge is -2.39. The second-order valence-corrected chi connectivity index (χ2v) is 12.5. The van der Waals surface area contributed by atoms with Gasteiger partial charge in [0.15, 0.2) is 5.78 Å². The van der Waals surface area contributed by atoms with Crippen LogP contribution in [0.25, 0.3) is 11.1 Å². The summed E-state index contributed by atoms with van der Waals surface area (Å²) in [7, 11) is 3.18. The number of benzene rings is 5. The predicted molar refractivity (Wildman–Crippen MR) is 185 cm³/mol. The van der Waals surface area contributed by atoms with Crippen LogP contribution in [0.3, 0.4) is 0 Å². The van der Waals surface area contributed by atoms with Crippen molar-refractivity contribution >= 4 is 34.4 Å². The van der Waals surface area contributed by atoms with Gasteiger partial charge >= 0.3 is 0 Å². The van der Waals surface area contributed by atoms with E-state index in [4.69, 9.17) is 9.47 Å². The molecule has 4 atom stereocenters. The van der Waals surface area contributed by atoms with Gasteiger partial charge in [0.2, 0.25) is 11.8 Å². The van der Waals surface area contributed by atoms with Crippen LogP contribution in [0.5, 0.6) is 11.5 Å². The Balaban J connectivity index is 1.55. The number of imide groups is 1. The lowest BCUT2D eigenvalue weighted by atomic mass is 9.59. The summed E-state index contributed by atoms with van der Waals surface area (Å²) in [5.41, 5.74) is 1.33. The molecule has 0 unspecified atom stereocenters. The van der Waals surface area contributed by atoms with Crippen LogP contribution in [0.15, 0.2) is 133 Å². The zero-order valence-electron chi connectivity index (χ0n) is 26.8. The minimum atomic E-state index is -1.56. The smallest absolute Gasteiger partial charge is 0.239 e. The van der Waals surface area contributed by atoms with Crippen molar-refractivity contribution in [1.82, 2.24) is 0 Å². The van der Waals surface area contributed by atoms with Gasteiger partial charge in [0.25, 0.3) is 0 Å². The van der Waals surface area contributed by atoms with Crippen LogP contribution in [0.4, 0.5) is 5.69 Å². The Hall–Kier alpha value is -6.26. The molecular weight excluding hydrogens is 612 g/mol. The van der Waals surface area contributed by atoms with E-state index in [0.717, 1.165) is 16.0 Å². The highest BCUT2D eigenvalue weighted by molar-refractivity contribution is 6.39. The van der Waals surface area contributed by atoms with E-state index in [1.165, 1.54) is 0 Å². The Labute approximate surface area is 283 Å². The van der Waals surface area contributed by atoms with Crippen molar-refractivity contribution in [2.45, 2.75) is 10.8 Å². The molecule has 3 aliphatic rings. The second-order valence-electron chi connectivity index (χ2n) is 12.5. The number of hydrogen-bond acceptors (Lipinski definition) is 6. The number of anilines is 1. The van der Waals surface area contributed by atoms with Crippen LogP contribution >= 0.6 is 0 Å². The summed E-state index contributed by atoms with van der Waals surface area (Å²) in [5.74, 6) is -2.15. The summed E-state index contributed by atoms with van der Waals surface area (Å²) in [6.07, 6.45) is 0. The maximum atomic E-state index is 16.0. The quantitative estimate of drug-likeness (QED) is 0.182. The van der Waals surface area contributed by atoms with E-state index in [0.29, 0.717) is 33.8 Å². The molecule has 0 aromatic heterocycles. The Morgan fingerprint density at radius 2 is 0.980 bits per heavy atom. The van der Waals surface area contributed by atoms with E-state index >= 15 is 14.4 Å². The van der Waals surface area contributed by atoms with Gasteiger partial charge in [-0.1, -0.05) is 97.1 Å². The number of methoxy groups -OCH3 is 2. The molecule has 0 N–H and O–H groups in total. The topological polar surface area (TPSA) is 96.7 Å². The van der Waals surface area contributed by atoms with Gasteiger partial charge in [-0.3, -0.25) is 14.4 Å². The first-order valence-corrected chi connectivity index (χ1v) is 16.0. The number of ketones is 1. The Morgan fingerprint density at radius 1 is 0.571 bits per heavy atom. The molecule has 7 heteroatoms. The van der Waals surface area contributed by atoms with Crippen molar-refractivity contribution in [2.24, 2.45) is 11.8 Å². The fraction of sp³-hybridized carbons (Fsp3) is 0.143. The largest absolute Gasteiger partial charge is 0.497 e. The summed E-state index contributed by atoms with van der Waals surface area (Å²) in [4.78, 5) is 47.5. The molecule has 2 bridgehead atoms. The minimum Gasteiger partial charge on any atom is -0.497 e. The number of hydrogen-bond donors (Lipinski definition) is 0. The number of nitriles is 1. The molecule has 0 radical (unpaired) electrons. The van der Waals surface area contributed by atoms with E-state index in [-0.39, 0.29) is 17.0 Å². The van der Waals surface area contributed by atoms with Crippen LogP contribution < -0.4 is 14.4 Å². The number of para-hydroxylation sites is 1. The maximum absolute atomic E-state index is 16.0. The van der Waals surface area contributed by atoms with E-state index in [2.05, 4.69) is 6.07 Å². The molecule has 1 saturated carbocycles. The van der Waals surface area contributed by atoms with Crippen molar-refractivity contribution in [3.8, 4) is 17.6 Å². The van der Waals surface area contributed by atoms with Gasteiger partial charge in [-0.2, -0.15) is 5.26 Å². The molecule has 1 saturated heterocycles. The maximum Gasteiger partial charge on any atom is 0.239 e. The zero-order valence-corrected chi connectivity index (χ0v) is 26.8.